The minimum Gasteiger partial charge on any atom is -0.465 e. The Morgan fingerprint density at radius 1 is 0.852 bits per heavy atom. The van der Waals surface area contributed by atoms with Gasteiger partial charge in [0, 0.05) is 6.42 Å². The van der Waals surface area contributed by atoms with Crippen LogP contribution in [0.5, 0.6) is 0 Å². The molecule has 0 spiro atoms. The number of hydrogen-bond acceptors (Lipinski definition) is 5. The Hall–Kier alpha value is -1.39. The van der Waals surface area contributed by atoms with Crippen LogP contribution in [-0.2, 0) is 23.9 Å². The maximum atomic E-state index is 12.3. The van der Waals surface area contributed by atoms with Gasteiger partial charge in [-0.15, -0.1) is 0 Å². The number of rotatable bonds is 9. The third kappa shape index (κ3) is 6.93. The van der Waals surface area contributed by atoms with E-state index in [1.165, 1.54) is 6.42 Å². The zero-order chi connectivity index (χ0) is 19.6. The van der Waals surface area contributed by atoms with Crippen LogP contribution in [0.15, 0.2) is 0 Å². The molecule has 0 radical (unpaired) electrons. The van der Waals surface area contributed by atoms with Crippen molar-refractivity contribution in [3.05, 3.63) is 0 Å². The van der Waals surface area contributed by atoms with Gasteiger partial charge in [-0.05, 0) is 63.2 Å². The van der Waals surface area contributed by atoms with Gasteiger partial charge in [0.2, 0.25) is 0 Å². The van der Waals surface area contributed by atoms with Crippen LogP contribution in [0.3, 0.4) is 0 Å². The second kappa shape index (κ2) is 11.5. The lowest BCUT2D eigenvalue weighted by Crippen LogP contribution is -2.30. The number of carbonyl (C=O) groups is 3. The Labute approximate surface area is 163 Å². The summed E-state index contributed by atoms with van der Waals surface area (Å²) < 4.78 is 10.7. The molecule has 2 aliphatic rings. The number of hydrogen-bond donors (Lipinski definition) is 0. The molecule has 1 unspecified atom stereocenters. The molecule has 0 amide bonds. The quantitative estimate of drug-likeness (QED) is 0.436. The van der Waals surface area contributed by atoms with Crippen LogP contribution in [-0.4, -0.2) is 30.9 Å². The van der Waals surface area contributed by atoms with E-state index in [0.29, 0.717) is 12.2 Å². The highest BCUT2D eigenvalue weighted by molar-refractivity contribution is 5.75. The van der Waals surface area contributed by atoms with Crippen molar-refractivity contribution < 1.29 is 23.9 Å². The normalized spacial score (nSPS) is 29.6. The third-order valence-electron chi connectivity index (χ3n) is 6.58. The molecule has 2 fully saturated rings. The van der Waals surface area contributed by atoms with Crippen LogP contribution >= 0.6 is 0 Å². The van der Waals surface area contributed by atoms with Gasteiger partial charge in [0.15, 0.2) is 12.4 Å². The summed E-state index contributed by atoms with van der Waals surface area (Å²) in [5.41, 5.74) is 0. The van der Waals surface area contributed by atoms with Crippen LogP contribution < -0.4 is 0 Å². The Bertz CT molecular complexity index is 473. The van der Waals surface area contributed by atoms with Gasteiger partial charge in [-0.3, -0.25) is 14.4 Å². The summed E-state index contributed by atoms with van der Waals surface area (Å²) in [5.74, 6) is 0.901. The smallest absolute Gasteiger partial charge is 0.309 e. The van der Waals surface area contributed by atoms with Crippen molar-refractivity contribution in [2.24, 2.45) is 23.7 Å². The number of aldehydes is 1. The van der Waals surface area contributed by atoms with Crippen molar-refractivity contribution in [1.82, 2.24) is 0 Å². The summed E-state index contributed by atoms with van der Waals surface area (Å²) in [6, 6.07) is 0. The predicted molar refractivity (Wildman–Crippen MR) is 103 cm³/mol. The lowest BCUT2D eigenvalue weighted by atomic mass is 9.81. The predicted octanol–water partition coefficient (Wildman–Crippen LogP) is 4.46. The molecule has 1 atom stereocenters. The molecule has 0 saturated heterocycles. The van der Waals surface area contributed by atoms with Gasteiger partial charge in [-0.1, -0.05) is 26.7 Å². The van der Waals surface area contributed by atoms with Gasteiger partial charge in [-0.25, -0.2) is 0 Å². The molecule has 0 bridgehead atoms. The van der Waals surface area contributed by atoms with Crippen molar-refractivity contribution in [3.8, 4) is 0 Å². The third-order valence-corrected chi connectivity index (χ3v) is 6.58. The van der Waals surface area contributed by atoms with Crippen LogP contribution in [0.4, 0.5) is 0 Å². The molecule has 2 aliphatic carbocycles. The van der Waals surface area contributed by atoms with E-state index in [1.54, 1.807) is 0 Å². The van der Waals surface area contributed by atoms with E-state index in [-0.39, 0.29) is 36.8 Å². The molecule has 0 aromatic rings. The Morgan fingerprint density at radius 3 is 1.78 bits per heavy atom. The molecule has 0 aromatic heterocycles. The lowest BCUT2D eigenvalue weighted by molar-refractivity contribution is -0.159. The first kappa shape index (κ1) is 21.9. The number of esters is 2. The molecule has 5 heteroatoms. The van der Waals surface area contributed by atoms with E-state index in [9.17, 15) is 14.4 Å². The first-order valence-electron chi connectivity index (χ1n) is 10.9. The van der Waals surface area contributed by atoms with E-state index >= 15 is 0 Å². The number of carbonyl (C=O) groups excluding carboxylic acids is 3. The summed E-state index contributed by atoms with van der Waals surface area (Å²) in [6.45, 7) is 4.51. The number of ether oxygens (including phenoxy) is 2. The highest BCUT2D eigenvalue weighted by Crippen LogP contribution is 2.32. The fourth-order valence-corrected chi connectivity index (χ4v) is 4.41. The Balaban J connectivity index is 1.65. The van der Waals surface area contributed by atoms with E-state index in [1.807, 2.05) is 0 Å². The molecule has 0 aromatic carbocycles. The molecule has 2 rings (SSSR count). The minimum absolute atomic E-state index is 0.0150. The maximum absolute atomic E-state index is 12.3. The molecular weight excluding hydrogens is 344 g/mol. The highest BCUT2D eigenvalue weighted by Gasteiger charge is 2.29. The van der Waals surface area contributed by atoms with Crippen molar-refractivity contribution >= 4 is 18.2 Å². The Kier molecular flexibility index (Phi) is 9.29. The van der Waals surface area contributed by atoms with Gasteiger partial charge in [0.25, 0.3) is 0 Å². The van der Waals surface area contributed by atoms with Crippen LogP contribution in [0.1, 0.15) is 84.5 Å². The van der Waals surface area contributed by atoms with Gasteiger partial charge in [0.1, 0.15) is 0 Å². The molecule has 0 heterocycles. The second-order valence-electron chi connectivity index (χ2n) is 8.32. The van der Waals surface area contributed by atoms with Crippen LogP contribution in [0.2, 0.25) is 0 Å². The molecule has 27 heavy (non-hydrogen) atoms. The monoisotopic (exact) mass is 380 g/mol. The van der Waals surface area contributed by atoms with Gasteiger partial charge in [0.05, 0.1) is 18.4 Å². The molecule has 0 aliphatic heterocycles. The molecular formula is C22H36O5. The summed E-state index contributed by atoms with van der Waals surface area (Å²) in [6.07, 6.45) is 10.2. The molecule has 0 N–H and O–H groups in total. The standard InChI is InChI=1S/C22H36O5/c1-3-16-5-9-18(10-6-16)21(24)26-14-13-20(15-23)27-22(25)19-11-7-17(4-2)8-12-19/h15-20H,3-14H2,1-2H3. The van der Waals surface area contributed by atoms with Crippen molar-refractivity contribution in [1.29, 1.82) is 0 Å². The molecule has 154 valence electrons. The van der Waals surface area contributed by atoms with Crippen LogP contribution in [0, 0.1) is 23.7 Å². The summed E-state index contributed by atoms with van der Waals surface area (Å²) in [7, 11) is 0. The lowest BCUT2D eigenvalue weighted by Gasteiger charge is -2.27. The highest BCUT2D eigenvalue weighted by atomic mass is 16.6. The summed E-state index contributed by atoms with van der Waals surface area (Å²) in [5, 5.41) is 0. The first-order chi connectivity index (χ1) is 13.1. The van der Waals surface area contributed by atoms with Crippen molar-refractivity contribution in [3.63, 3.8) is 0 Å². The van der Waals surface area contributed by atoms with Gasteiger partial charge in [-0.2, -0.15) is 0 Å². The van der Waals surface area contributed by atoms with E-state index < -0.39 is 6.10 Å². The van der Waals surface area contributed by atoms with Crippen molar-refractivity contribution in [2.75, 3.05) is 6.61 Å². The molecule has 2 saturated carbocycles. The maximum Gasteiger partial charge on any atom is 0.309 e. The topological polar surface area (TPSA) is 69.7 Å². The Morgan fingerprint density at radius 2 is 1.33 bits per heavy atom. The minimum atomic E-state index is -0.815. The zero-order valence-electron chi connectivity index (χ0n) is 17.0. The zero-order valence-corrected chi connectivity index (χ0v) is 17.0. The average Bonchev–Trinajstić information content (AvgIpc) is 2.72. The van der Waals surface area contributed by atoms with E-state index in [2.05, 4.69) is 13.8 Å². The van der Waals surface area contributed by atoms with Gasteiger partial charge < -0.3 is 9.47 Å². The summed E-state index contributed by atoms with van der Waals surface area (Å²) in [4.78, 5) is 35.7. The first-order valence-corrected chi connectivity index (χ1v) is 10.9. The average molecular weight is 381 g/mol. The molecule has 5 nitrogen and oxygen atoms in total. The SMILES string of the molecule is CCC1CCC(C(=O)OCCC(C=O)OC(=O)C2CCC(CC)CC2)CC1. The summed E-state index contributed by atoms with van der Waals surface area (Å²) >= 11 is 0. The van der Waals surface area contributed by atoms with Crippen LogP contribution in [0.25, 0.3) is 0 Å². The fourth-order valence-electron chi connectivity index (χ4n) is 4.41. The fraction of sp³-hybridized carbons (Fsp3) is 0.864. The van der Waals surface area contributed by atoms with Gasteiger partial charge >= 0.3 is 11.9 Å². The largest absolute Gasteiger partial charge is 0.465 e. The van der Waals surface area contributed by atoms with E-state index in [4.69, 9.17) is 9.47 Å². The second-order valence-corrected chi connectivity index (χ2v) is 8.32. The van der Waals surface area contributed by atoms with Crippen molar-refractivity contribution in [2.45, 2.75) is 90.6 Å². The van der Waals surface area contributed by atoms with E-state index in [0.717, 1.165) is 63.7 Å².